The molecule has 0 amide bonds. The van der Waals surface area contributed by atoms with Gasteiger partial charge in [0, 0.05) is 52.2 Å². The van der Waals surface area contributed by atoms with Crippen LogP contribution >= 0.6 is 0 Å². The van der Waals surface area contributed by atoms with Crippen LogP contribution in [0.15, 0.2) is 59.9 Å². The van der Waals surface area contributed by atoms with Crippen LogP contribution in [0.5, 0.6) is 0 Å². The molecule has 2 heterocycles. The van der Waals surface area contributed by atoms with Crippen molar-refractivity contribution in [2.75, 3.05) is 28.2 Å². The number of hydrogen-bond acceptors (Lipinski definition) is 4. The Kier molecular flexibility index (Phi) is 5.54. The molecule has 0 fully saturated rings. The summed E-state index contributed by atoms with van der Waals surface area (Å²) in [5, 5.41) is 0. The lowest BCUT2D eigenvalue weighted by atomic mass is 10.1. The molecule has 0 atom stereocenters. The van der Waals surface area contributed by atoms with Gasteiger partial charge in [-0.2, -0.15) is 0 Å². The summed E-state index contributed by atoms with van der Waals surface area (Å²) in [5.41, 5.74) is 2.74. The first-order chi connectivity index (χ1) is 13.4. The van der Waals surface area contributed by atoms with Crippen LogP contribution in [-0.4, -0.2) is 59.5 Å². The molecule has 6 nitrogen and oxygen atoms in total. The third-order valence-corrected chi connectivity index (χ3v) is 3.93. The third kappa shape index (κ3) is 4.09. The first-order valence-corrected chi connectivity index (χ1v) is 8.73. The van der Waals surface area contributed by atoms with Crippen molar-refractivity contribution in [2.24, 2.45) is 4.99 Å². The number of rotatable bonds is 6. The van der Waals surface area contributed by atoms with Gasteiger partial charge >= 0.3 is 0 Å². The van der Waals surface area contributed by atoms with Crippen molar-refractivity contribution in [2.45, 2.75) is 0 Å². The number of ketones is 1. The minimum absolute atomic E-state index is 0.200. The highest BCUT2D eigenvalue weighted by Gasteiger charge is 2.20. The van der Waals surface area contributed by atoms with Gasteiger partial charge in [-0.15, -0.1) is 0 Å². The number of benzene rings is 1. The van der Waals surface area contributed by atoms with Gasteiger partial charge in [-0.3, -0.25) is 9.20 Å². The zero-order valence-electron chi connectivity index (χ0n) is 16.3. The first kappa shape index (κ1) is 19.3. The molecule has 144 valence electrons. The van der Waals surface area contributed by atoms with E-state index in [2.05, 4.69) is 9.98 Å². The average molecular weight is 379 g/mol. The molecule has 0 aliphatic carbocycles. The first-order valence-electron chi connectivity index (χ1n) is 8.73. The summed E-state index contributed by atoms with van der Waals surface area (Å²) in [4.78, 5) is 25.7. The smallest absolute Gasteiger partial charge is 0.206 e. The maximum absolute atomic E-state index is 13.4. The van der Waals surface area contributed by atoms with Gasteiger partial charge in [0.15, 0.2) is 5.65 Å². The largest absolute Gasteiger partial charge is 0.383 e. The van der Waals surface area contributed by atoms with Crippen molar-refractivity contribution in [3.05, 3.63) is 66.4 Å². The quantitative estimate of drug-likeness (QED) is 0.284. The molecule has 3 rings (SSSR count). The van der Waals surface area contributed by atoms with Crippen LogP contribution in [0.2, 0.25) is 0 Å². The Morgan fingerprint density at radius 3 is 2.46 bits per heavy atom. The molecule has 0 aliphatic heterocycles. The normalized spacial score (nSPS) is 11.6. The number of aliphatic imine (C=N–C) groups is 1. The summed E-state index contributed by atoms with van der Waals surface area (Å²) in [6, 6.07) is 9.60. The van der Waals surface area contributed by atoms with Crippen molar-refractivity contribution in [3.63, 3.8) is 0 Å². The van der Waals surface area contributed by atoms with Crippen LogP contribution in [0.25, 0.3) is 16.9 Å². The molecule has 0 bridgehead atoms. The van der Waals surface area contributed by atoms with Crippen LogP contribution in [0.1, 0.15) is 10.5 Å². The van der Waals surface area contributed by atoms with Gasteiger partial charge < -0.3 is 9.80 Å². The Balaban J connectivity index is 2.24. The second kappa shape index (κ2) is 8.04. The lowest BCUT2D eigenvalue weighted by Crippen LogP contribution is -2.07. The Bertz CT molecular complexity index is 1050. The Morgan fingerprint density at radius 1 is 1.11 bits per heavy atom. The van der Waals surface area contributed by atoms with Crippen LogP contribution < -0.4 is 0 Å². The second-order valence-electron chi connectivity index (χ2n) is 6.75. The lowest BCUT2D eigenvalue weighted by Gasteiger charge is -2.05. The van der Waals surface area contributed by atoms with Crippen molar-refractivity contribution in [1.29, 1.82) is 0 Å². The number of pyridine rings is 1. The van der Waals surface area contributed by atoms with Gasteiger partial charge in [-0.25, -0.2) is 14.4 Å². The molecule has 0 radical (unpaired) electrons. The number of nitrogens with zero attached hydrogens (tertiary/aromatic N) is 5. The molecule has 2 aromatic heterocycles. The summed E-state index contributed by atoms with van der Waals surface area (Å²) in [6.45, 7) is 0. The number of carbonyl (C=O) groups excluding carboxylic acids is 1. The number of halogens is 1. The van der Waals surface area contributed by atoms with Gasteiger partial charge in [-0.1, -0.05) is 0 Å². The van der Waals surface area contributed by atoms with E-state index in [-0.39, 0.29) is 11.6 Å². The molecular weight excluding hydrogens is 357 g/mol. The van der Waals surface area contributed by atoms with Crippen molar-refractivity contribution in [1.82, 2.24) is 19.2 Å². The Hall–Kier alpha value is -3.48. The molecule has 0 spiro atoms. The maximum Gasteiger partial charge on any atom is 0.206 e. The average Bonchev–Trinajstić information content (AvgIpc) is 3.05. The van der Waals surface area contributed by atoms with E-state index in [9.17, 15) is 9.18 Å². The molecule has 1 aromatic carbocycles. The Labute approximate surface area is 163 Å². The molecule has 0 saturated heterocycles. The van der Waals surface area contributed by atoms with E-state index in [4.69, 9.17) is 0 Å². The van der Waals surface area contributed by atoms with Gasteiger partial charge in [0.1, 0.15) is 22.9 Å². The predicted octanol–water partition coefficient (Wildman–Crippen LogP) is 3.62. The predicted molar refractivity (Wildman–Crippen MR) is 110 cm³/mol. The zero-order chi connectivity index (χ0) is 20.3. The van der Waals surface area contributed by atoms with Gasteiger partial charge in [0.05, 0.1) is 6.34 Å². The van der Waals surface area contributed by atoms with E-state index >= 15 is 0 Å². The highest BCUT2D eigenvalue weighted by atomic mass is 19.1. The van der Waals surface area contributed by atoms with Gasteiger partial charge in [0.25, 0.3) is 0 Å². The molecular formula is C21H22FN5O. The monoisotopic (exact) mass is 379 g/mol. The van der Waals surface area contributed by atoms with Crippen LogP contribution in [0.3, 0.4) is 0 Å². The van der Waals surface area contributed by atoms with Crippen molar-refractivity contribution in [3.8, 4) is 11.3 Å². The van der Waals surface area contributed by atoms with Crippen molar-refractivity contribution >= 4 is 23.5 Å². The summed E-state index contributed by atoms with van der Waals surface area (Å²) in [6.07, 6.45) is 6.63. The van der Waals surface area contributed by atoms with E-state index in [1.54, 1.807) is 40.2 Å². The van der Waals surface area contributed by atoms with Crippen LogP contribution in [0.4, 0.5) is 10.1 Å². The number of fused-ring (bicyclic) bond motifs is 1. The second-order valence-corrected chi connectivity index (χ2v) is 6.75. The number of aromatic nitrogens is 2. The van der Waals surface area contributed by atoms with E-state index < -0.39 is 0 Å². The van der Waals surface area contributed by atoms with Crippen molar-refractivity contribution < 1.29 is 9.18 Å². The van der Waals surface area contributed by atoms with E-state index in [1.165, 1.54) is 18.2 Å². The number of allylic oxidation sites excluding steroid dienone is 1. The lowest BCUT2D eigenvalue weighted by molar-refractivity contribution is 0.104. The van der Waals surface area contributed by atoms with Gasteiger partial charge in [0.2, 0.25) is 5.78 Å². The van der Waals surface area contributed by atoms with Crippen LogP contribution in [0, 0.1) is 5.82 Å². The standard InChI is InChI=1S/C21H22FN5O/c1-25(2)13-11-18(28)20-19(15-7-9-16(22)10-8-15)24-21-17(23-14-26(3)4)6-5-12-27(20)21/h5-14H,1-4H3. The topological polar surface area (TPSA) is 53.2 Å². The highest BCUT2D eigenvalue weighted by Crippen LogP contribution is 2.29. The fourth-order valence-corrected chi connectivity index (χ4v) is 2.67. The fraction of sp³-hybridized carbons (Fsp3) is 0.190. The van der Waals surface area contributed by atoms with Crippen LogP contribution in [-0.2, 0) is 0 Å². The molecule has 0 unspecified atom stereocenters. The highest BCUT2D eigenvalue weighted by molar-refractivity contribution is 6.08. The number of hydrogen-bond donors (Lipinski definition) is 0. The molecule has 3 aromatic rings. The summed E-state index contributed by atoms with van der Waals surface area (Å²) in [7, 11) is 7.43. The zero-order valence-corrected chi connectivity index (χ0v) is 16.3. The van der Waals surface area contributed by atoms with E-state index in [1.807, 2.05) is 45.2 Å². The molecule has 28 heavy (non-hydrogen) atoms. The number of imidazole rings is 1. The summed E-state index contributed by atoms with van der Waals surface area (Å²) < 4.78 is 15.1. The minimum Gasteiger partial charge on any atom is -0.383 e. The molecule has 0 aliphatic rings. The fourth-order valence-electron chi connectivity index (χ4n) is 2.67. The molecule has 0 N–H and O–H groups in total. The van der Waals surface area contributed by atoms with E-state index in [0.717, 1.165) is 0 Å². The third-order valence-electron chi connectivity index (χ3n) is 3.93. The summed E-state index contributed by atoms with van der Waals surface area (Å²) in [5.74, 6) is -0.543. The number of carbonyl (C=O) groups is 1. The SMILES string of the molecule is CN(C)C=CC(=O)c1c(-c2ccc(F)cc2)nc2c(N=CN(C)C)cccn12. The maximum atomic E-state index is 13.4. The van der Waals surface area contributed by atoms with E-state index in [0.29, 0.717) is 28.3 Å². The molecule has 7 heteroatoms. The van der Waals surface area contributed by atoms with Gasteiger partial charge in [-0.05, 0) is 36.4 Å². The molecule has 0 saturated carbocycles. The minimum atomic E-state index is -0.343. The summed E-state index contributed by atoms with van der Waals surface area (Å²) >= 11 is 0. The Morgan fingerprint density at radius 2 is 1.82 bits per heavy atom.